The molecule has 2 atom stereocenters. The largest absolute Gasteiger partial charge is 0.298 e. The summed E-state index contributed by atoms with van der Waals surface area (Å²) in [4.78, 5) is 11.3. The molecule has 2 fully saturated rings. The zero-order chi connectivity index (χ0) is 8.98. The molecule has 0 radical (unpaired) electrons. The van der Waals surface area contributed by atoms with Crippen LogP contribution >= 0.6 is 0 Å². The number of hydrogen-bond donors (Lipinski definition) is 1. The van der Waals surface area contributed by atoms with E-state index in [0.717, 1.165) is 6.42 Å². The molecule has 1 N–H and O–H groups in total. The first-order valence-electron chi connectivity index (χ1n) is 3.96. The van der Waals surface area contributed by atoms with E-state index in [0.29, 0.717) is 19.3 Å². The minimum absolute atomic E-state index is 0.194. The molecule has 68 valence electrons. The van der Waals surface area contributed by atoms with Crippen LogP contribution in [0.3, 0.4) is 0 Å². The van der Waals surface area contributed by atoms with Crippen LogP contribution in [-0.2, 0) is 14.9 Å². The van der Waals surface area contributed by atoms with E-state index in [1.165, 1.54) is 0 Å². The van der Waals surface area contributed by atoms with Gasteiger partial charge in [-0.2, -0.15) is 8.42 Å². The first-order chi connectivity index (χ1) is 5.46. The van der Waals surface area contributed by atoms with Gasteiger partial charge in [-0.25, -0.2) is 0 Å². The standard InChI is InChI=1S/C7H10O4S/c8-6-3-5-1-2-7(6,4-5)12(9,10)11/h5H,1-4H2,(H,9,10,11)/t5-,7+/m1/s1. The van der Waals surface area contributed by atoms with Gasteiger partial charge in [-0.1, -0.05) is 0 Å². The second-order valence-corrected chi connectivity index (χ2v) is 5.44. The minimum atomic E-state index is -4.17. The third-order valence-corrected chi connectivity index (χ3v) is 4.64. The van der Waals surface area contributed by atoms with Gasteiger partial charge in [0.05, 0.1) is 0 Å². The Labute approximate surface area is 70.7 Å². The number of Topliss-reactive ketones (excluding diaryl/α,β-unsaturated/α-hetero) is 1. The monoisotopic (exact) mass is 190 g/mol. The quantitative estimate of drug-likeness (QED) is 0.607. The summed E-state index contributed by atoms with van der Waals surface area (Å²) < 4.78 is 29.4. The van der Waals surface area contributed by atoms with E-state index < -0.39 is 14.9 Å². The molecule has 0 aromatic rings. The molecule has 0 aromatic heterocycles. The Morgan fingerprint density at radius 1 is 1.50 bits per heavy atom. The van der Waals surface area contributed by atoms with Crippen LogP contribution in [0.1, 0.15) is 25.7 Å². The third-order valence-electron chi connectivity index (χ3n) is 3.05. The molecule has 2 rings (SSSR count). The topological polar surface area (TPSA) is 71.4 Å². The highest BCUT2D eigenvalue weighted by Gasteiger charge is 2.59. The zero-order valence-corrected chi connectivity index (χ0v) is 7.30. The van der Waals surface area contributed by atoms with Crippen LogP contribution in [0.25, 0.3) is 0 Å². The molecule has 4 nitrogen and oxygen atoms in total. The van der Waals surface area contributed by atoms with Crippen molar-refractivity contribution < 1.29 is 17.8 Å². The van der Waals surface area contributed by atoms with E-state index in [9.17, 15) is 13.2 Å². The molecule has 2 saturated carbocycles. The van der Waals surface area contributed by atoms with Crippen LogP contribution in [0.5, 0.6) is 0 Å². The average molecular weight is 190 g/mol. The smallest absolute Gasteiger partial charge is 0.277 e. The fourth-order valence-corrected chi connectivity index (χ4v) is 3.55. The van der Waals surface area contributed by atoms with Gasteiger partial charge in [-0.15, -0.1) is 0 Å². The van der Waals surface area contributed by atoms with Gasteiger partial charge >= 0.3 is 0 Å². The molecule has 2 bridgehead atoms. The Morgan fingerprint density at radius 2 is 2.17 bits per heavy atom. The first-order valence-corrected chi connectivity index (χ1v) is 5.40. The van der Waals surface area contributed by atoms with E-state index in [4.69, 9.17) is 4.55 Å². The van der Waals surface area contributed by atoms with Crippen LogP contribution in [0, 0.1) is 5.92 Å². The average Bonchev–Trinajstić information content (AvgIpc) is 2.41. The molecule has 0 unspecified atom stereocenters. The molecular formula is C7H10O4S. The van der Waals surface area contributed by atoms with Crippen LogP contribution in [-0.4, -0.2) is 23.5 Å². The van der Waals surface area contributed by atoms with Crippen molar-refractivity contribution in [3.63, 3.8) is 0 Å². The van der Waals surface area contributed by atoms with E-state index in [1.54, 1.807) is 0 Å². The SMILES string of the molecule is O=C1C[C@H]2CC[C@]1(S(=O)(=O)O)C2. The highest BCUT2D eigenvalue weighted by Crippen LogP contribution is 2.49. The van der Waals surface area contributed by atoms with Gasteiger partial charge in [0.15, 0.2) is 10.5 Å². The molecule has 0 amide bonds. The summed E-state index contributed by atoms with van der Waals surface area (Å²) in [5.74, 6) is -0.0966. The van der Waals surface area contributed by atoms with Gasteiger partial charge in [0.25, 0.3) is 10.1 Å². The number of rotatable bonds is 1. The van der Waals surface area contributed by atoms with Crippen LogP contribution in [0.4, 0.5) is 0 Å². The zero-order valence-electron chi connectivity index (χ0n) is 6.49. The fraction of sp³-hybridized carbons (Fsp3) is 0.857. The summed E-state index contributed by atoms with van der Waals surface area (Å²) in [6.07, 6.45) is 1.74. The predicted octanol–water partition coefficient (Wildman–Crippen LogP) is 0.386. The van der Waals surface area contributed by atoms with Crippen molar-refractivity contribution in [2.75, 3.05) is 0 Å². The number of ketones is 1. The Morgan fingerprint density at radius 3 is 2.42 bits per heavy atom. The lowest BCUT2D eigenvalue weighted by Crippen LogP contribution is -2.41. The lowest BCUT2D eigenvalue weighted by atomic mass is 9.99. The summed E-state index contributed by atoms with van der Waals surface area (Å²) in [7, 11) is -4.17. The van der Waals surface area contributed by atoms with Crippen molar-refractivity contribution in [3.05, 3.63) is 0 Å². The Hall–Kier alpha value is -0.420. The Kier molecular flexibility index (Phi) is 1.42. The Balaban J connectivity index is 2.50. The molecule has 12 heavy (non-hydrogen) atoms. The van der Waals surface area contributed by atoms with E-state index >= 15 is 0 Å². The molecule has 0 aliphatic heterocycles. The molecule has 0 saturated heterocycles. The molecule has 0 aromatic carbocycles. The lowest BCUT2D eigenvalue weighted by molar-refractivity contribution is -0.120. The van der Waals surface area contributed by atoms with Crippen molar-refractivity contribution in [2.45, 2.75) is 30.4 Å². The summed E-state index contributed by atoms with van der Waals surface area (Å²) in [5, 5.41) is 0. The summed E-state index contributed by atoms with van der Waals surface area (Å²) in [6.45, 7) is 0. The van der Waals surface area contributed by atoms with Crippen molar-refractivity contribution in [2.24, 2.45) is 5.92 Å². The molecule has 0 heterocycles. The minimum Gasteiger partial charge on any atom is -0.298 e. The maximum Gasteiger partial charge on any atom is 0.277 e. The molecule has 0 spiro atoms. The van der Waals surface area contributed by atoms with Crippen molar-refractivity contribution in [1.82, 2.24) is 0 Å². The Bertz CT molecular complexity index is 331. The third kappa shape index (κ3) is 0.806. The van der Waals surface area contributed by atoms with Gasteiger partial charge in [-0.3, -0.25) is 9.35 Å². The highest BCUT2D eigenvalue weighted by molar-refractivity contribution is 7.88. The highest BCUT2D eigenvalue weighted by atomic mass is 32.2. The molecule has 5 heteroatoms. The van der Waals surface area contributed by atoms with Gasteiger partial charge in [-0.05, 0) is 25.2 Å². The number of fused-ring (bicyclic) bond motifs is 2. The van der Waals surface area contributed by atoms with Gasteiger partial charge in [0, 0.05) is 6.42 Å². The number of hydrogen-bond acceptors (Lipinski definition) is 3. The lowest BCUT2D eigenvalue weighted by Gasteiger charge is -2.20. The number of carbonyl (C=O) groups is 1. The summed E-state index contributed by atoms with van der Waals surface area (Å²) in [5.41, 5.74) is 0. The first kappa shape index (κ1) is 8.19. The second-order valence-electron chi connectivity index (χ2n) is 3.71. The maximum atomic E-state index is 11.3. The van der Waals surface area contributed by atoms with Gasteiger partial charge < -0.3 is 0 Å². The van der Waals surface area contributed by atoms with Crippen LogP contribution in [0.2, 0.25) is 0 Å². The summed E-state index contributed by atoms with van der Waals surface area (Å²) in [6, 6.07) is 0. The normalized spacial score (nSPS) is 40.8. The van der Waals surface area contributed by atoms with Gasteiger partial charge in [0.1, 0.15) is 0 Å². The van der Waals surface area contributed by atoms with Crippen molar-refractivity contribution in [3.8, 4) is 0 Å². The predicted molar refractivity (Wildman–Crippen MR) is 41.2 cm³/mol. The second kappa shape index (κ2) is 2.09. The fourth-order valence-electron chi connectivity index (χ4n) is 2.36. The van der Waals surface area contributed by atoms with Crippen LogP contribution < -0.4 is 0 Å². The summed E-state index contributed by atoms with van der Waals surface area (Å²) >= 11 is 0. The van der Waals surface area contributed by atoms with E-state index in [2.05, 4.69) is 0 Å². The molecule has 2 aliphatic carbocycles. The maximum absolute atomic E-state index is 11.3. The van der Waals surface area contributed by atoms with Crippen LogP contribution in [0.15, 0.2) is 0 Å². The van der Waals surface area contributed by atoms with Crippen molar-refractivity contribution in [1.29, 1.82) is 0 Å². The number of carbonyl (C=O) groups excluding carboxylic acids is 1. The molecule has 2 aliphatic rings. The van der Waals surface area contributed by atoms with Crippen molar-refractivity contribution >= 4 is 15.9 Å². The molecular weight excluding hydrogens is 180 g/mol. The van der Waals surface area contributed by atoms with E-state index in [1.807, 2.05) is 0 Å². The van der Waals surface area contributed by atoms with E-state index in [-0.39, 0.29) is 11.7 Å². The van der Waals surface area contributed by atoms with Gasteiger partial charge in [0.2, 0.25) is 0 Å².